The van der Waals surface area contributed by atoms with Crippen LogP contribution >= 0.6 is 0 Å². The van der Waals surface area contributed by atoms with Crippen LogP contribution in [0.1, 0.15) is 31.9 Å². The first-order chi connectivity index (χ1) is 11.8. The molecule has 1 aromatic heterocycles. The third kappa shape index (κ3) is 4.60. The van der Waals surface area contributed by atoms with Crippen molar-refractivity contribution >= 4 is 22.8 Å². The molecule has 1 N–H and O–H groups in total. The predicted octanol–water partition coefficient (Wildman–Crippen LogP) is 2.74. The van der Waals surface area contributed by atoms with Gasteiger partial charge >= 0.3 is 5.97 Å². The largest absolute Gasteiger partial charge is 0.468 e. The summed E-state index contributed by atoms with van der Waals surface area (Å²) in [5.74, 6) is -0.210. The Kier molecular flexibility index (Phi) is 6.20. The molecule has 0 spiro atoms. The van der Waals surface area contributed by atoms with Crippen LogP contribution in [0.5, 0.6) is 0 Å². The van der Waals surface area contributed by atoms with Gasteiger partial charge in [-0.3, -0.25) is 14.9 Å². The maximum Gasteiger partial charge on any atom is 0.322 e. The molecule has 0 aliphatic carbocycles. The Labute approximate surface area is 148 Å². The average Bonchev–Trinajstić information content (AvgIpc) is 3.04. The van der Waals surface area contributed by atoms with Crippen LogP contribution in [0.4, 0.5) is 0 Å². The zero-order valence-electron chi connectivity index (χ0n) is 15.4. The van der Waals surface area contributed by atoms with Gasteiger partial charge in [-0.1, -0.05) is 19.9 Å². The molecule has 0 aliphatic heterocycles. The van der Waals surface area contributed by atoms with Crippen molar-refractivity contribution in [3.8, 4) is 0 Å². The number of ether oxygens (including phenoxy) is 1. The van der Waals surface area contributed by atoms with E-state index >= 15 is 0 Å². The summed E-state index contributed by atoms with van der Waals surface area (Å²) in [7, 11) is 4.75. The molecule has 2 aromatic rings. The number of furan rings is 1. The number of rotatable bonds is 7. The minimum absolute atomic E-state index is 0.125. The molecule has 0 radical (unpaired) electrons. The van der Waals surface area contributed by atoms with Gasteiger partial charge in [0.15, 0.2) is 0 Å². The number of carbonyl (C=O) groups is 2. The standard InChI is InChI=1S/C19H26N2O4/c1-12(2)10-15(19(23)24-5)20-17(18(22)21(3)4)14-6-7-16-13(11-14)8-9-25-16/h6-9,11-12,15,17,20H,10H2,1-5H3/t15-,17?/m0/s1. The Morgan fingerprint density at radius 1 is 1.24 bits per heavy atom. The maximum absolute atomic E-state index is 12.7. The normalized spacial score (nSPS) is 13.7. The van der Waals surface area contributed by atoms with Gasteiger partial charge in [0.25, 0.3) is 0 Å². The monoisotopic (exact) mass is 346 g/mol. The number of amides is 1. The van der Waals surface area contributed by atoms with Crippen molar-refractivity contribution in [3.63, 3.8) is 0 Å². The van der Waals surface area contributed by atoms with Crippen LogP contribution < -0.4 is 5.32 Å². The Balaban J connectivity index is 2.37. The van der Waals surface area contributed by atoms with Gasteiger partial charge in [-0.2, -0.15) is 0 Å². The third-order valence-electron chi connectivity index (χ3n) is 4.06. The number of nitrogens with zero attached hydrogens (tertiary/aromatic N) is 1. The van der Waals surface area contributed by atoms with E-state index in [2.05, 4.69) is 5.32 Å². The van der Waals surface area contributed by atoms with E-state index in [1.165, 1.54) is 12.0 Å². The zero-order valence-corrected chi connectivity index (χ0v) is 15.4. The number of fused-ring (bicyclic) bond motifs is 1. The second-order valence-corrected chi connectivity index (χ2v) is 6.76. The van der Waals surface area contributed by atoms with Crippen molar-refractivity contribution in [3.05, 3.63) is 36.1 Å². The summed E-state index contributed by atoms with van der Waals surface area (Å²) >= 11 is 0. The van der Waals surface area contributed by atoms with Gasteiger partial charge in [0, 0.05) is 19.5 Å². The van der Waals surface area contributed by atoms with Crippen molar-refractivity contribution in [1.82, 2.24) is 10.2 Å². The highest BCUT2D eigenvalue weighted by atomic mass is 16.5. The molecule has 2 rings (SSSR count). The molecule has 2 atom stereocenters. The number of hydrogen-bond donors (Lipinski definition) is 1. The van der Waals surface area contributed by atoms with Crippen LogP contribution in [0.15, 0.2) is 34.9 Å². The minimum Gasteiger partial charge on any atom is -0.468 e. The molecule has 1 heterocycles. The van der Waals surface area contributed by atoms with Crippen molar-refractivity contribution in [2.45, 2.75) is 32.4 Å². The highest BCUT2D eigenvalue weighted by Gasteiger charge is 2.30. The molecule has 0 saturated heterocycles. The summed E-state index contributed by atoms with van der Waals surface area (Å²) in [5, 5.41) is 4.11. The number of likely N-dealkylation sites (N-methyl/N-ethyl adjacent to an activating group) is 1. The zero-order chi connectivity index (χ0) is 18.6. The Morgan fingerprint density at radius 2 is 1.96 bits per heavy atom. The Bertz CT molecular complexity index is 736. The molecule has 0 fully saturated rings. The van der Waals surface area contributed by atoms with E-state index in [0.717, 1.165) is 16.5 Å². The van der Waals surface area contributed by atoms with E-state index in [9.17, 15) is 9.59 Å². The van der Waals surface area contributed by atoms with E-state index in [0.29, 0.717) is 6.42 Å². The Hall–Kier alpha value is -2.34. The summed E-state index contributed by atoms with van der Waals surface area (Å²) in [6.45, 7) is 4.05. The van der Waals surface area contributed by atoms with Crippen LogP contribution in [-0.4, -0.2) is 44.0 Å². The predicted molar refractivity (Wildman–Crippen MR) is 96.0 cm³/mol. The van der Waals surface area contributed by atoms with Crippen LogP contribution in [0.2, 0.25) is 0 Å². The van der Waals surface area contributed by atoms with Crippen molar-refractivity contribution < 1.29 is 18.7 Å². The number of benzene rings is 1. The molecular weight excluding hydrogens is 320 g/mol. The molecule has 1 aromatic carbocycles. The smallest absolute Gasteiger partial charge is 0.322 e. The highest BCUT2D eigenvalue weighted by Crippen LogP contribution is 2.24. The van der Waals surface area contributed by atoms with Gasteiger partial charge in [-0.05, 0) is 36.1 Å². The fraction of sp³-hybridized carbons (Fsp3) is 0.474. The molecule has 1 amide bonds. The van der Waals surface area contributed by atoms with E-state index in [1.54, 1.807) is 20.4 Å². The van der Waals surface area contributed by atoms with Crippen molar-refractivity contribution in [2.24, 2.45) is 5.92 Å². The lowest BCUT2D eigenvalue weighted by Crippen LogP contribution is -2.46. The lowest BCUT2D eigenvalue weighted by molar-refractivity contribution is -0.144. The SMILES string of the molecule is COC(=O)[C@H](CC(C)C)NC(C(=O)N(C)C)c1ccc2occc2c1. The maximum atomic E-state index is 12.7. The number of carbonyl (C=O) groups excluding carboxylic acids is 2. The van der Waals surface area contributed by atoms with Crippen LogP contribution in [0, 0.1) is 5.92 Å². The number of hydrogen-bond acceptors (Lipinski definition) is 5. The average molecular weight is 346 g/mol. The molecule has 6 heteroatoms. The van der Waals surface area contributed by atoms with Gasteiger partial charge in [0.1, 0.15) is 17.7 Å². The first-order valence-electron chi connectivity index (χ1n) is 8.35. The fourth-order valence-corrected chi connectivity index (χ4v) is 2.78. The second-order valence-electron chi connectivity index (χ2n) is 6.76. The summed E-state index contributed by atoms with van der Waals surface area (Å²) in [4.78, 5) is 26.4. The third-order valence-corrected chi connectivity index (χ3v) is 4.06. The van der Waals surface area contributed by atoms with Crippen LogP contribution in [0.25, 0.3) is 11.0 Å². The molecule has 0 saturated carbocycles. The lowest BCUT2D eigenvalue weighted by atomic mass is 9.99. The number of esters is 1. The first kappa shape index (κ1) is 19.0. The Morgan fingerprint density at radius 3 is 2.56 bits per heavy atom. The molecule has 0 bridgehead atoms. The quantitative estimate of drug-likeness (QED) is 0.781. The van der Waals surface area contributed by atoms with E-state index in [1.807, 2.05) is 38.1 Å². The highest BCUT2D eigenvalue weighted by molar-refractivity contribution is 5.86. The summed E-state index contributed by atoms with van der Waals surface area (Å²) in [6, 6.07) is 6.23. The topological polar surface area (TPSA) is 71.8 Å². The first-order valence-corrected chi connectivity index (χ1v) is 8.35. The van der Waals surface area contributed by atoms with E-state index in [4.69, 9.17) is 9.15 Å². The van der Waals surface area contributed by atoms with E-state index < -0.39 is 12.1 Å². The summed E-state index contributed by atoms with van der Waals surface area (Å²) < 4.78 is 10.3. The molecule has 1 unspecified atom stereocenters. The van der Waals surface area contributed by atoms with Gasteiger partial charge in [0.05, 0.1) is 13.4 Å². The fourth-order valence-electron chi connectivity index (χ4n) is 2.78. The lowest BCUT2D eigenvalue weighted by Gasteiger charge is -2.27. The summed E-state index contributed by atoms with van der Waals surface area (Å²) in [5.41, 5.74) is 1.54. The van der Waals surface area contributed by atoms with Crippen LogP contribution in [-0.2, 0) is 14.3 Å². The molecule has 136 valence electrons. The van der Waals surface area contributed by atoms with Gasteiger partial charge in [-0.15, -0.1) is 0 Å². The van der Waals surface area contributed by atoms with Crippen molar-refractivity contribution in [1.29, 1.82) is 0 Å². The van der Waals surface area contributed by atoms with Crippen LogP contribution in [0.3, 0.4) is 0 Å². The molecule has 0 aliphatic rings. The minimum atomic E-state index is -0.642. The molecule has 6 nitrogen and oxygen atoms in total. The summed E-state index contributed by atoms with van der Waals surface area (Å²) in [6.07, 6.45) is 2.19. The number of nitrogens with one attached hydrogen (secondary N) is 1. The van der Waals surface area contributed by atoms with Crippen molar-refractivity contribution in [2.75, 3.05) is 21.2 Å². The van der Waals surface area contributed by atoms with E-state index in [-0.39, 0.29) is 17.8 Å². The second kappa shape index (κ2) is 8.16. The van der Waals surface area contributed by atoms with Gasteiger partial charge < -0.3 is 14.1 Å². The number of methoxy groups -OCH3 is 1. The van der Waals surface area contributed by atoms with Gasteiger partial charge in [0.2, 0.25) is 5.91 Å². The molecular formula is C19H26N2O4. The molecule has 25 heavy (non-hydrogen) atoms. The van der Waals surface area contributed by atoms with Gasteiger partial charge in [-0.25, -0.2) is 0 Å².